The van der Waals surface area contributed by atoms with Gasteiger partial charge in [0, 0.05) is 76.2 Å². The van der Waals surface area contributed by atoms with Crippen LogP contribution in [0.2, 0.25) is 5.02 Å². The van der Waals surface area contributed by atoms with Crippen molar-refractivity contribution in [2.75, 3.05) is 53.9 Å². The summed E-state index contributed by atoms with van der Waals surface area (Å²) in [7, 11) is 6.36. The molecule has 1 saturated carbocycles. The number of nitrogens with two attached hydrogens (primary N) is 1. The van der Waals surface area contributed by atoms with Crippen molar-refractivity contribution in [2.45, 2.75) is 31.7 Å². The number of benzene rings is 2. The van der Waals surface area contributed by atoms with Crippen molar-refractivity contribution in [3.63, 3.8) is 0 Å². The quantitative estimate of drug-likeness (QED) is 0.292. The molecule has 7 heteroatoms. The molecule has 0 radical (unpaired) electrons. The zero-order chi connectivity index (χ0) is 29.3. The van der Waals surface area contributed by atoms with Gasteiger partial charge in [0.15, 0.2) is 0 Å². The molecule has 2 N–H and O–H groups in total. The van der Waals surface area contributed by atoms with Gasteiger partial charge in [-0.2, -0.15) is 0 Å². The number of aromatic nitrogens is 1. The highest BCUT2D eigenvalue weighted by atomic mass is 35.5. The molecule has 6 nitrogen and oxygen atoms in total. The topological polar surface area (TPSA) is 51.9 Å². The Bertz CT molecular complexity index is 1450. The largest absolute Gasteiger partial charge is 0.376 e. The molecule has 1 aromatic heterocycles. The number of halogens is 1. The van der Waals surface area contributed by atoms with Crippen LogP contribution in [0.25, 0.3) is 27.9 Å². The minimum absolute atomic E-state index is 0.325. The van der Waals surface area contributed by atoms with Crippen LogP contribution in [0.15, 0.2) is 79.3 Å². The summed E-state index contributed by atoms with van der Waals surface area (Å²) in [6, 6.07) is 17.4. The van der Waals surface area contributed by atoms with Gasteiger partial charge in [0.1, 0.15) is 0 Å². The number of pyridine rings is 1. The molecule has 41 heavy (non-hydrogen) atoms. The van der Waals surface area contributed by atoms with Crippen LogP contribution in [0, 0.1) is 0 Å². The van der Waals surface area contributed by atoms with E-state index in [9.17, 15) is 0 Å². The summed E-state index contributed by atoms with van der Waals surface area (Å²) in [6.07, 6.45) is 4.81. The number of likely N-dealkylation sites (N-methyl/N-ethyl adjacent to an activating group) is 1. The number of hydrogen-bond donors (Lipinski definition) is 1. The third-order valence-corrected chi connectivity index (χ3v) is 8.80. The Labute approximate surface area is 250 Å². The van der Waals surface area contributed by atoms with Gasteiger partial charge < -0.3 is 25.3 Å². The molecule has 5 rings (SSSR count). The van der Waals surface area contributed by atoms with Crippen LogP contribution in [0.5, 0.6) is 0 Å². The third kappa shape index (κ3) is 6.39. The Morgan fingerprint density at radius 1 is 1.02 bits per heavy atom. The Balaban J connectivity index is 1.29. The average Bonchev–Trinajstić information content (AvgIpc) is 3.84. The summed E-state index contributed by atoms with van der Waals surface area (Å²) >= 11 is 6.73. The van der Waals surface area contributed by atoms with Gasteiger partial charge in [0.05, 0.1) is 27.6 Å². The highest BCUT2D eigenvalue weighted by Crippen LogP contribution is 2.32. The van der Waals surface area contributed by atoms with Gasteiger partial charge in [0.2, 0.25) is 0 Å². The lowest BCUT2D eigenvalue weighted by Crippen LogP contribution is -2.45. The third-order valence-electron chi connectivity index (χ3n) is 8.49. The van der Waals surface area contributed by atoms with Crippen molar-refractivity contribution >= 4 is 28.2 Å². The number of fused-ring (bicyclic) bond motifs is 1. The maximum atomic E-state index is 6.73. The molecule has 3 aromatic rings. The van der Waals surface area contributed by atoms with Gasteiger partial charge in [-0.1, -0.05) is 68.1 Å². The monoisotopic (exact) mass is 570 g/mol. The van der Waals surface area contributed by atoms with E-state index in [0.29, 0.717) is 23.5 Å². The molecule has 2 aromatic carbocycles. The average molecular weight is 571 g/mol. The first-order valence-corrected chi connectivity index (χ1v) is 14.9. The fourth-order valence-corrected chi connectivity index (χ4v) is 5.71. The van der Waals surface area contributed by atoms with Crippen LogP contribution >= 0.6 is 11.6 Å². The van der Waals surface area contributed by atoms with E-state index in [2.05, 4.69) is 109 Å². The number of rotatable bonds is 10. The van der Waals surface area contributed by atoms with Crippen molar-refractivity contribution in [1.82, 2.24) is 24.6 Å². The SMILES string of the molecule is C=C(/C(=C/N(C)C1CC1)N(C)C)N1CCN(C(=C)c2ccc3c(Cl)cc(-c4ccc(C(C)CN)cc4)nc3c2)CC1. The zero-order valence-corrected chi connectivity index (χ0v) is 25.7. The summed E-state index contributed by atoms with van der Waals surface area (Å²) in [5.74, 6) is 0.325. The molecule has 1 unspecified atom stereocenters. The summed E-state index contributed by atoms with van der Waals surface area (Å²) in [5.41, 5.74) is 14.2. The maximum Gasteiger partial charge on any atom is 0.0754 e. The lowest BCUT2D eigenvalue weighted by molar-refractivity contribution is 0.210. The van der Waals surface area contributed by atoms with Crippen LogP contribution in [0.4, 0.5) is 0 Å². The Morgan fingerprint density at radius 2 is 1.68 bits per heavy atom. The zero-order valence-electron chi connectivity index (χ0n) is 24.9. The minimum Gasteiger partial charge on any atom is -0.376 e. The van der Waals surface area contributed by atoms with Crippen LogP contribution in [-0.4, -0.2) is 84.5 Å². The van der Waals surface area contributed by atoms with Crippen LogP contribution in [0.3, 0.4) is 0 Å². The first-order valence-electron chi connectivity index (χ1n) is 14.6. The molecule has 1 aliphatic carbocycles. The van der Waals surface area contributed by atoms with Crippen LogP contribution in [-0.2, 0) is 0 Å². The molecule has 0 amide bonds. The van der Waals surface area contributed by atoms with E-state index < -0.39 is 0 Å². The molecule has 1 aliphatic heterocycles. The summed E-state index contributed by atoms with van der Waals surface area (Å²) in [4.78, 5) is 14.3. The predicted octanol–water partition coefficient (Wildman–Crippen LogP) is 6.22. The molecule has 216 valence electrons. The van der Waals surface area contributed by atoms with Crippen molar-refractivity contribution in [3.8, 4) is 11.3 Å². The molecule has 0 bridgehead atoms. The summed E-state index contributed by atoms with van der Waals surface area (Å²) in [5, 5.41) is 1.64. The number of hydrogen-bond acceptors (Lipinski definition) is 6. The second kappa shape index (κ2) is 12.2. The lowest BCUT2D eigenvalue weighted by Gasteiger charge is -2.40. The van der Waals surface area contributed by atoms with Gasteiger partial charge in [-0.25, -0.2) is 4.98 Å². The normalized spacial score (nSPS) is 16.6. The molecular weight excluding hydrogens is 528 g/mol. The molecule has 2 fully saturated rings. The fourth-order valence-electron chi connectivity index (χ4n) is 5.45. The van der Waals surface area contributed by atoms with Crippen molar-refractivity contribution in [1.29, 1.82) is 0 Å². The van der Waals surface area contributed by atoms with Crippen LogP contribution in [0.1, 0.15) is 36.8 Å². The molecule has 1 atom stereocenters. The van der Waals surface area contributed by atoms with Gasteiger partial charge in [-0.15, -0.1) is 0 Å². The van der Waals surface area contributed by atoms with Crippen molar-refractivity contribution in [3.05, 3.63) is 95.4 Å². The first-order chi connectivity index (χ1) is 19.7. The Hall–Kier alpha value is -3.48. The number of piperazine rings is 1. The van der Waals surface area contributed by atoms with Gasteiger partial charge >= 0.3 is 0 Å². The highest BCUT2D eigenvalue weighted by Gasteiger charge is 2.27. The first kappa shape index (κ1) is 29.0. The molecule has 0 spiro atoms. The summed E-state index contributed by atoms with van der Waals surface area (Å²) < 4.78 is 0. The standard InChI is InChI=1S/C34H43ClN6/c1-23(21-36)26-7-9-27(10-8-26)32-20-31(35)30-14-11-28(19-33(30)37-32)24(2)40-15-17-41(18-16-40)25(3)34(38(4)5)22-39(6)29-12-13-29/h7-11,14,19-20,22-23,29H,2-3,12-13,15-18,21,36H2,1,4-6H3/b34-22-. The highest BCUT2D eigenvalue weighted by molar-refractivity contribution is 6.35. The smallest absolute Gasteiger partial charge is 0.0754 e. The fraction of sp³-hybridized carbons (Fsp3) is 0.382. The van der Waals surface area contributed by atoms with E-state index >= 15 is 0 Å². The molecule has 1 saturated heterocycles. The van der Waals surface area contributed by atoms with E-state index in [1.807, 2.05) is 6.07 Å². The van der Waals surface area contributed by atoms with E-state index in [1.54, 1.807) is 0 Å². The second-order valence-corrected chi connectivity index (χ2v) is 12.1. The minimum atomic E-state index is 0.325. The Morgan fingerprint density at radius 3 is 2.29 bits per heavy atom. The van der Waals surface area contributed by atoms with Gasteiger partial charge in [-0.05, 0) is 48.6 Å². The molecule has 2 aliphatic rings. The van der Waals surface area contributed by atoms with Gasteiger partial charge in [-0.3, -0.25) is 0 Å². The van der Waals surface area contributed by atoms with E-state index in [0.717, 1.165) is 65.3 Å². The second-order valence-electron chi connectivity index (χ2n) is 11.7. The maximum absolute atomic E-state index is 6.73. The van der Waals surface area contributed by atoms with Gasteiger partial charge in [0.25, 0.3) is 0 Å². The molecular formula is C34H43ClN6. The number of nitrogens with zero attached hydrogens (tertiary/aromatic N) is 5. The predicted molar refractivity (Wildman–Crippen MR) is 174 cm³/mol. The van der Waals surface area contributed by atoms with E-state index in [-0.39, 0.29) is 0 Å². The van der Waals surface area contributed by atoms with E-state index in [1.165, 1.54) is 24.1 Å². The van der Waals surface area contributed by atoms with Crippen molar-refractivity contribution in [2.24, 2.45) is 5.73 Å². The Kier molecular flexibility index (Phi) is 8.62. The lowest BCUT2D eigenvalue weighted by atomic mass is 9.99. The van der Waals surface area contributed by atoms with E-state index in [4.69, 9.17) is 22.3 Å². The summed E-state index contributed by atoms with van der Waals surface area (Å²) in [6.45, 7) is 15.3. The van der Waals surface area contributed by atoms with Crippen LogP contribution < -0.4 is 5.73 Å². The molecule has 2 heterocycles. The van der Waals surface area contributed by atoms with Crippen molar-refractivity contribution < 1.29 is 0 Å².